The van der Waals surface area contributed by atoms with Crippen molar-refractivity contribution in [2.24, 2.45) is 0 Å². The molecule has 0 saturated carbocycles. The van der Waals surface area contributed by atoms with E-state index in [4.69, 9.17) is 6.42 Å². The van der Waals surface area contributed by atoms with E-state index in [0.717, 1.165) is 0 Å². The van der Waals surface area contributed by atoms with Crippen LogP contribution in [0, 0.1) is 26.2 Å². The molecule has 0 fully saturated rings. The molecule has 1 aromatic rings. The van der Waals surface area contributed by atoms with Gasteiger partial charge in [-0.05, 0) is 33.3 Å². The highest BCUT2D eigenvalue weighted by molar-refractivity contribution is 5.37. The first-order chi connectivity index (χ1) is 5.95. The summed E-state index contributed by atoms with van der Waals surface area (Å²) in [6.07, 6.45) is 5.49. The van der Waals surface area contributed by atoms with Gasteiger partial charge in [0, 0.05) is 0 Å². The minimum absolute atomic E-state index is 0.156. The third kappa shape index (κ3) is 2.12. The van der Waals surface area contributed by atoms with Crippen LogP contribution >= 0.6 is 0 Å². The number of aryl methyl sites for hydroxylation is 2. The third-order valence-electron chi connectivity index (χ3n) is 2.30. The van der Waals surface area contributed by atoms with E-state index in [2.05, 4.69) is 51.8 Å². The van der Waals surface area contributed by atoms with Crippen molar-refractivity contribution in [1.82, 2.24) is 0 Å². The van der Waals surface area contributed by atoms with Crippen LogP contribution < -0.4 is 0 Å². The predicted octanol–water partition coefficient (Wildman–Crippen LogP) is 3.21. The Balaban J connectivity index is 3.25. The zero-order valence-electron chi connectivity index (χ0n) is 8.81. The lowest BCUT2D eigenvalue weighted by molar-refractivity contribution is 0.697. The van der Waals surface area contributed by atoms with Crippen LogP contribution in [0.5, 0.6) is 0 Å². The third-order valence-corrected chi connectivity index (χ3v) is 2.30. The van der Waals surface area contributed by atoms with Crippen molar-refractivity contribution < 1.29 is 0 Å². The summed E-state index contributed by atoms with van der Waals surface area (Å²) in [5.74, 6) is 2.81. The fourth-order valence-electron chi connectivity index (χ4n) is 1.42. The van der Waals surface area contributed by atoms with Crippen LogP contribution in [0.1, 0.15) is 30.5 Å². The van der Waals surface area contributed by atoms with E-state index in [1.165, 1.54) is 16.7 Å². The first kappa shape index (κ1) is 9.86. The lowest BCUT2D eigenvalue weighted by Gasteiger charge is -2.19. The molecule has 0 aliphatic rings. The molecule has 0 nitrogen and oxygen atoms in total. The SMILES string of the molecule is C#CC(C)(C)c1cc(C)cc(C)c1. The Morgan fingerprint density at radius 2 is 1.54 bits per heavy atom. The molecule has 1 rings (SSSR count). The minimum Gasteiger partial charge on any atom is -0.119 e. The van der Waals surface area contributed by atoms with Crippen molar-refractivity contribution in [3.05, 3.63) is 34.9 Å². The summed E-state index contributed by atoms with van der Waals surface area (Å²) >= 11 is 0. The average Bonchev–Trinajstić information content (AvgIpc) is 2.02. The van der Waals surface area contributed by atoms with Gasteiger partial charge in [0.15, 0.2) is 0 Å². The summed E-state index contributed by atoms with van der Waals surface area (Å²) in [6.45, 7) is 8.34. The van der Waals surface area contributed by atoms with Crippen molar-refractivity contribution in [3.8, 4) is 12.3 Å². The van der Waals surface area contributed by atoms with E-state index in [1.807, 2.05) is 0 Å². The summed E-state index contributed by atoms with van der Waals surface area (Å²) < 4.78 is 0. The van der Waals surface area contributed by atoms with Gasteiger partial charge in [0.25, 0.3) is 0 Å². The smallest absolute Gasteiger partial charge is 0.0504 e. The lowest BCUT2D eigenvalue weighted by Crippen LogP contribution is -2.14. The van der Waals surface area contributed by atoms with Gasteiger partial charge in [0.2, 0.25) is 0 Å². The van der Waals surface area contributed by atoms with Gasteiger partial charge in [-0.25, -0.2) is 0 Å². The molecule has 0 bridgehead atoms. The molecule has 0 unspecified atom stereocenters. The monoisotopic (exact) mass is 172 g/mol. The van der Waals surface area contributed by atoms with Crippen LogP contribution in [0.3, 0.4) is 0 Å². The second-order valence-electron chi connectivity index (χ2n) is 4.15. The van der Waals surface area contributed by atoms with Crippen LogP contribution in [-0.2, 0) is 5.41 Å². The molecule has 0 aromatic heterocycles. The Labute approximate surface area is 81.0 Å². The summed E-state index contributed by atoms with van der Waals surface area (Å²) in [7, 11) is 0. The molecule has 13 heavy (non-hydrogen) atoms. The quantitative estimate of drug-likeness (QED) is 0.571. The van der Waals surface area contributed by atoms with Gasteiger partial charge in [0.05, 0.1) is 5.41 Å². The van der Waals surface area contributed by atoms with Gasteiger partial charge in [-0.3, -0.25) is 0 Å². The molecular weight excluding hydrogens is 156 g/mol. The number of benzene rings is 1. The highest BCUT2D eigenvalue weighted by Gasteiger charge is 2.17. The Hall–Kier alpha value is -1.22. The molecule has 68 valence electrons. The summed E-state index contributed by atoms with van der Waals surface area (Å²) in [5.41, 5.74) is 3.63. The predicted molar refractivity (Wildman–Crippen MR) is 57.8 cm³/mol. The zero-order valence-corrected chi connectivity index (χ0v) is 8.81. The maximum absolute atomic E-state index is 5.49. The molecule has 0 radical (unpaired) electrons. The molecule has 0 atom stereocenters. The van der Waals surface area contributed by atoms with Crippen molar-refractivity contribution in [1.29, 1.82) is 0 Å². The van der Waals surface area contributed by atoms with Gasteiger partial charge in [0.1, 0.15) is 0 Å². The number of terminal acetylenes is 1. The Morgan fingerprint density at radius 3 is 1.92 bits per heavy atom. The second-order valence-corrected chi connectivity index (χ2v) is 4.15. The first-order valence-electron chi connectivity index (χ1n) is 4.52. The van der Waals surface area contributed by atoms with E-state index < -0.39 is 0 Å². The van der Waals surface area contributed by atoms with Crippen molar-refractivity contribution in [2.45, 2.75) is 33.1 Å². The zero-order chi connectivity index (χ0) is 10.1. The number of rotatable bonds is 1. The fraction of sp³-hybridized carbons (Fsp3) is 0.385. The molecule has 0 aliphatic carbocycles. The van der Waals surface area contributed by atoms with E-state index >= 15 is 0 Å². The van der Waals surface area contributed by atoms with E-state index in [0.29, 0.717) is 0 Å². The lowest BCUT2D eigenvalue weighted by atomic mass is 9.84. The van der Waals surface area contributed by atoms with Gasteiger partial charge in [-0.1, -0.05) is 35.2 Å². The van der Waals surface area contributed by atoms with Gasteiger partial charge >= 0.3 is 0 Å². The molecule has 0 spiro atoms. The Kier molecular flexibility index (Phi) is 2.48. The van der Waals surface area contributed by atoms with Crippen molar-refractivity contribution in [3.63, 3.8) is 0 Å². The number of hydrogen-bond acceptors (Lipinski definition) is 0. The van der Waals surface area contributed by atoms with Crippen LogP contribution in [-0.4, -0.2) is 0 Å². The summed E-state index contributed by atoms with van der Waals surface area (Å²) in [4.78, 5) is 0. The van der Waals surface area contributed by atoms with Gasteiger partial charge in [-0.15, -0.1) is 6.42 Å². The highest BCUT2D eigenvalue weighted by Crippen LogP contribution is 2.23. The van der Waals surface area contributed by atoms with Crippen LogP contribution in [0.2, 0.25) is 0 Å². The topological polar surface area (TPSA) is 0 Å². The van der Waals surface area contributed by atoms with Crippen LogP contribution in [0.25, 0.3) is 0 Å². The minimum atomic E-state index is -0.156. The largest absolute Gasteiger partial charge is 0.119 e. The van der Waals surface area contributed by atoms with E-state index in [-0.39, 0.29) is 5.41 Å². The van der Waals surface area contributed by atoms with Crippen LogP contribution in [0.4, 0.5) is 0 Å². The molecule has 0 saturated heterocycles. The van der Waals surface area contributed by atoms with Crippen LogP contribution in [0.15, 0.2) is 18.2 Å². The van der Waals surface area contributed by atoms with E-state index in [9.17, 15) is 0 Å². The Bertz CT molecular complexity index is 331. The van der Waals surface area contributed by atoms with Crippen molar-refractivity contribution >= 4 is 0 Å². The molecule has 1 aromatic carbocycles. The fourth-order valence-corrected chi connectivity index (χ4v) is 1.42. The molecule has 0 amide bonds. The average molecular weight is 172 g/mol. The maximum Gasteiger partial charge on any atom is 0.0504 e. The highest BCUT2D eigenvalue weighted by atomic mass is 14.2. The van der Waals surface area contributed by atoms with Gasteiger partial charge in [-0.2, -0.15) is 0 Å². The summed E-state index contributed by atoms with van der Waals surface area (Å²) in [6, 6.07) is 6.48. The number of hydrogen-bond donors (Lipinski definition) is 0. The maximum atomic E-state index is 5.49. The first-order valence-corrected chi connectivity index (χ1v) is 4.52. The molecule has 0 aliphatic heterocycles. The normalized spacial score (nSPS) is 11.0. The summed E-state index contributed by atoms with van der Waals surface area (Å²) in [5, 5.41) is 0. The van der Waals surface area contributed by atoms with Crippen molar-refractivity contribution in [2.75, 3.05) is 0 Å². The standard InChI is InChI=1S/C13H16/c1-6-13(4,5)12-8-10(2)7-11(3)9-12/h1,7-9H,2-5H3. The second kappa shape index (κ2) is 3.26. The molecule has 0 heteroatoms. The molecular formula is C13H16. The van der Waals surface area contributed by atoms with E-state index in [1.54, 1.807) is 0 Å². The van der Waals surface area contributed by atoms with Gasteiger partial charge < -0.3 is 0 Å². The molecule has 0 N–H and O–H groups in total. The Morgan fingerprint density at radius 1 is 1.08 bits per heavy atom. The molecule has 0 heterocycles.